The van der Waals surface area contributed by atoms with E-state index in [1.54, 1.807) is 11.3 Å². The highest BCUT2D eigenvalue weighted by Gasteiger charge is 2.28. The van der Waals surface area contributed by atoms with Gasteiger partial charge in [-0.1, -0.05) is 17.7 Å². The van der Waals surface area contributed by atoms with Gasteiger partial charge < -0.3 is 15.1 Å². The molecule has 2 aromatic rings. The summed E-state index contributed by atoms with van der Waals surface area (Å²) >= 11 is 3.42. The normalized spacial score (nSPS) is 19.6. The van der Waals surface area contributed by atoms with Crippen molar-refractivity contribution in [2.45, 2.75) is 57.3 Å². The average Bonchev–Trinajstić information content (AvgIpc) is 3.65. The molecule has 200 valence electrons. The van der Waals surface area contributed by atoms with Crippen LogP contribution in [0.5, 0.6) is 0 Å². The van der Waals surface area contributed by atoms with E-state index in [4.69, 9.17) is 4.98 Å². The van der Waals surface area contributed by atoms with Gasteiger partial charge >= 0.3 is 6.03 Å². The molecule has 2 fully saturated rings. The van der Waals surface area contributed by atoms with Gasteiger partial charge in [0.1, 0.15) is 5.69 Å². The van der Waals surface area contributed by atoms with Crippen LogP contribution in [0.2, 0.25) is 0 Å². The third-order valence-electron chi connectivity index (χ3n) is 7.89. The zero-order valence-corrected chi connectivity index (χ0v) is 23.3. The Labute approximate surface area is 228 Å². The first-order chi connectivity index (χ1) is 18.2. The molecule has 1 N–H and O–H groups in total. The molecule has 2 aromatic heterocycles. The molecule has 9 heteroatoms. The number of hydrogen-bond acceptors (Lipinski definition) is 6. The van der Waals surface area contributed by atoms with E-state index in [2.05, 4.69) is 33.8 Å². The highest BCUT2D eigenvalue weighted by atomic mass is 32.1. The fourth-order valence-electron chi connectivity index (χ4n) is 5.54. The number of nitrogens with one attached hydrogen (secondary N) is 1. The molecule has 2 saturated heterocycles. The number of urea groups is 1. The van der Waals surface area contributed by atoms with E-state index in [9.17, 15) is 9.59 Å². The van der Waals surface area contributed by atoms with E-state index in [0.717, 1.165) is 83.0 Å². The molecule has 3 aliphatic rings. The summed E-state index contributed by atoms with van der Waals surface area (Å²) in [5.74, 6) is 0.391. The smallest absolute Gasteiger partial charge is 0.317 e. The molecule has 37 heavy (non-hydrogen) atoms. The van der Waals surface area contributed by atoms with Crippen LogP contribution < -0.4 is 5.32 Å². The molecular formula is C28H39N5O2S2. The zero-order valence-electron chi connectivity index (χ0n) is 21.7. The minimum Gasteiger partial charge on any atom is -0.338 e. The summed E-state index contributed by atoms with van der Waals surface area (Å²) in [6.45, 7) is 6.65. The van der Waals surface area contributed by atoms with Crippen LogP contribution in [0.4, 0.5) is 4.79 Å². The van der Waals surface area contributed by atoms with Crippen molar-refractivity contribution in [2.75, 3.05) is 52.4 Å². The molecular weight excluding hydrogens is 502 g/mol. The van der Waals surface area contributed by atoms with Crippen LogP contribution in [0.1, 0.15) is 71.2 Å². The lowest BCUT2D eigenvalue weighted by Crippen LogP contribution is -2.49. The quantitative estimate of drug-likeness (QED) is 0.479. The predicted octanol–water partition coefficient (Wildman–Crippen LogP) is 4.98. The summed E-state index contributed by atoms with van der Waals surface area (Å²) in [4.78, 5) is 38.2. The molecule has 0 atom stereocenters. The average molecular weight is 542 g/mol. The number of amides is 3. The number of piperazine rings is 1. The van der Waals surface area contributed by atoms with Gasteiger partial charge in [-0.3, -0.25) is 9.69 Å². The van der Waals surface area contributed by atoms with Crippen molar-refractivity contribution < 1.29 is 9.59 Å². The molecule has 7 nitrogen and oxygen atoms in total. The zero-order chi connectivity index (χ0) is 25.5. The molecule has 1 aliphatic carbocycles. The van der Waals surface area contributed by atoms with Gasteiger partial charge in [-0.25, -0.2) is 9.78 Å². The van der Waals surface area contributed by atoms with Crippen LogP contribution in [0.25, 0.3) is 0 Å². The number of thiophene rings is 1. The summed E-state index contributed by atoms with van der Waals surface area (Å²) in [7, 11) is 0. The first-order valence-electron chi connectivity index (χ1n) is 13.9. The molecule has 0 saturated carbocycles. The van der Waals surface area contributed by atoms with Crippen LogP contribution in [-0.2, 0) is 6.42 Å². The Morgan fingerprint density at radius 3 is 2.57 bits per heavy atom. The van der Waals surface area contributed by atoms with E-state index in [1.165, 1.54) is 36.1 Å². The number of allylic oxidation sites excluding steroid dienone is 1. The van der Waals surface area contributed by atoms with Gasteiger partial charge in [-0.15, -0.1) is 22.7 Å². The molecule has 2 aliphatic heterocycles. The number of carbonyl (C=O) groups is 2. The Hall–Kier alpha value is -2.23. The number of nitrogens with zero attached hydrogens (tertiary/aromatic N) is 4. The number of likely N-dealkylation sites (tertiary alicyclic amines) is 1. The highest BCUT2D eigenvalue weighted by Crippen LogP contribution is 2.31. The second kappa shape index (κ2) is 13.0. The lowest BCUT2D eigenvalue weighted by Gasteiger charge is -2.34. The standard InChI is InChI=1S/C28H39N5O2S2/c34-27(32-18-16-31(17-19-32)13-11-24-7-4-20-36-24)25-21-37-26(30-25)23-9-14-33(15-10-23)28(35)29-12-8-22-5-2-1-3-6-22/h4-5,7,20-21,23H,1-3,6,8-19H2,(H,29,35). The molecule has 0 aromatic carbocycles. The monoisotopic (exact) mass is 541 g/mol. The van der Waals surface area contributed by atoms with E-state index >= 15 is 0 Å². The maximum Gasteiger partial charge on any atom is 0.317 e. The largest absolute Gasteiger partial charge is 0.338 e. The van der Waals surface area contributed by atoms with Gasteiger partial charge in [-0.2, -0.15) is 0 Å². The molecule has 4 heterocycles. The third-order valence-corrected chi connectivity index (χ3v) is 9.84. The van der Waals surface area contributed by atoms with Gasteiger partial charge in [0.2, 0.25) is 0 Å². The van der Waals surface area contributed by atoms with Crippen molar-refractivity contribution in [3.05, 3.63) is 50.1 Å². The number of thiazole rings is 1. The first-order valence-corrected chi connectivity index (χ1v) is 15.6. The Bertz CT molecular complexity index is 1050. The predicted molar refractivity (Wildman–Crippen MR) is 151 cm³/mol. The fraction of sp³-hybridized carbons (Fsp3) is 0.607. The van der Waals surface area contributed by atoms with Crippen LogP contribution >= 0.6 is 22.7 Å². The second-order valence-corrected chi connectivity index (χ2v) is 12.3. The van der Waals surface area contributed by atoms with Crippen molar-refractivity contribution in [3.8, 4) is 0 Å². The summed E-state index contributed by atoms with van der Waals surface area (Å²) in [5, 5.41) is 8.21. The van der Waals surface area contributed by atoms with Crippen LogP contribution in [-0.4, -0.2) is 84.0 Å². The van der Waals surface area contributed by atoms with Crippen molar-refractivity contribution in [2.24, 2.45) is 0 Å². The Kier molecular flexibility index (Phi) is 9.29. The molecule has 5 rings (SSSR count). The summed E-state index contributed by atoms with van der Waals surface area (Å²) in [6, 6.07) is 4.36. The SMILES string of the molecule is O=C(NCCC1=CCCCC1)N1CCC(c2nc(C(=O)N3CCN(CCc4cccs4)CC3)cs2)CC1. The van der Waals surface area contributed by atoms with Gasteiger partial charge in [0.25, 0.3) is 5.91 Å². The number of rotatable bonds is 8. The Morgan fingerprint density at radius 2 is 1.84 bits per heavy atom. The molecule has 0 radical (unpaired) electrons. The maximum absolute atomic E-state index is 13.1. The van der Waals surface area contributed by atoms with Crippen molar-refractivity contribution in [1.29, 1.82) is 0 Å². The topological polar surface area (TPSA) is 68.8 Å². The summed E-state index contributed by atoms with van der Waals surface area (Å²) < 4.78 is 0. The lowest BCUT2D eigenvalue weighted by molar-refractivity contribution is 0.0633. The Balaban J connectivity index is 1.02. The Morgan fingerprint density at radius 1 is 1.00 bits per heavy atom. The van der Waals surface area contributed by atoms with Gasteiger partial charge in [0.15, 0.2) is 0 Å². The van der Waals surface area contributed by atoms with Crippen LogP contribution in [0, 0.1) is 0 Å². The molecule has 0 unspecified atom stereocenters. The number of piperidine rings is 1. The van der Waals surface area contributed by atoms with E-state index in [1.807, 2.05) is 26.5 Å². The third kappa shape index (κ3) is 7.21. The highest BCUT2D eigenvalue weighted by molar-refractivity contribution is 7.10. The van der Waals surface area contributed by atoms with Gasteiger partial charge in [-0.05, 0) is 62.8 Å². The van der Waals surface area contributed by atoms with Crippen LogP contribution in [0.15, 0.2) is 34.5 Å². The minimum atomic E-state index is 0.0550. The van der Waals surface area contributed by atoms with Crippen molar-refractivity contribution in [3.63, 3.8) is 0 Å². The van der Waals surface area contributed by atoms with E-state index < -0.39 is 0 Å². The number of aromatic nitrogens is 1. The van der Waals surface area contributed by atoms with E-state index in [-0.39, 0.29) is 11.9 Å². The van der Waals surface area contributed by atoms with Crippen molar-refractivity contribution in [1.82, 2.24) is 25.0 Å². The molecule has 0 spiro atoms. The number of hydrogen-bond donors (Lipinski definition) is 1. The molecule has 3 amide bonds. The fourth-order valence-corrected chi connectivity index (χ4v) is 7.20. The maximum atomic E-state index is 13.1. The summed E-state index contributed by atoms with van der Waals surface area (Å²) in [5.41, 5.74) is 2.08. The molecule has 0 bridgehead atoms. The van der Waals surface area contributed by atoms with Gasteiger partial charge in [0, 0.05) is 68.5 Å². The first kappa shape index (κ1) is 26.4. The summed E-state index contributed by atoms with van der Waals surface area (Å²) in [6.07, 6.45) is 11.2. The number of carbonyl (C=O) groups excluding carboxylic acids is 2. The second-order valence-electron chi connectivity index (χ2n) is 10.4. The van der Waals surface area contributed by atoms with Crippen molar-refractivity contribution >= 4 is 34.6 Å². The van der Waals surface area contributed by atoms with E-state index in [0.29, 0.717) is 11.6 Å². The van der Waals surface area contributed by atoms with Crippen LogP contribution in [0.3, 0.4) is 0 Å². The van der Waals surface area contributed by atoms with Gasteiger partial charge in [0.05, 0.1) is 5.01 Å². The lowest BCUT2D eigenvalue weighted by atomic mass is 9.97. The minimum absolute atomic E-state index is 0.0550.